The van der Waals surface area contributed by atoms with Crippen molar-refractivity contribution in [2.75, 3.05) is 6.61 Å². The van der Waals surface area contributed by atoms with Gasteiger partial charge in [0.1, 0.15) is 12.1 Å². The highest BCUT2D eigenvalue weighted by atomic mass is 16.5. The molecule has 0 spiro atoms. The summed E-state index contributed by atoms with van der Waals surface area (Å²) in [5.74, 6) is 0.880. The van der Waals surface area contributed by atoms with E-state index in [1.807, 2.05) is 24.3 Å². The summed E-state index contributed by atoms with van der Waals surface area (Å²) in [4.78, 5) is 0. The SMILES string of the molecule is CCCCOc1ccc(-n2cnnn2)cc1. The zero-order valence-corrected chi connectivity index (χ0v) is 9.21. The van der Waals surface area contributed by atoms with Gasteiger partial charge in [0.25, 0.3) is 0 Å². The quantitative estimate of drug-likeness (QED) is 0.718. The minimum Gasteiger partial charge on any atom is -0.494 e. The van der Waals surface area contributed by atoms with Crippen molar-refractivity contribution in [2.24, 2.45) is 0 Å². The number of ether oxygens (including phenoxy) is 1. The summed E-state index contributed by atoms with van der Waals surface area (Å²) in [5, 5.41) is 11.0. The van der Waals surface area contributed by atoms with E-state index < -0.39 is 0 Å². The van der Waals surface area contributed by atoms with Gasteiger partial charge in [-0.15, -0.1) is 5.10 Å². The lowest BCUT2D eigenvalue weighted by Crippen LogP contribution is -1.98. The largest absolute Gasteiger partial charge is 0.494 e. The molecule has 16 heavy (non-hydrogen) atoms. The second kappa shape index (κ2) is 5.25. The van der Waals surface area contributed by atoms with Gasteiger partial charge in [-0.3, -0.25) is 0 Å². The first-order chi connectivity index (χ1) is 7.90. The van der Waals surface area contributed by atoms with E-state index in [2.05, 4.69) is 22.4 Å². The van der Waals surface area contributed by atoms with Gasteiger partial charge >= 0.3 is 0 Å². The average molecular weight is 218 g/mol. The predicted molar refractivity (Wildman–Crippen MR) is 59.6 cm³/mol. The molecule has 0 radical (unpaired) electrons. The number of aromatic nitrogens is 4. The Bertz CT molecular complexity index is 410. The molecule has 0 unspecified atom stereocenters. The fraction of sp³-hybridized carbons (Fsp3) is 0.364. The maximum atomic E-state index is 5.56. The molecule has 0 fully saturated rings. The average Bonchev–Trinajstić information content (AvgIpc) is 2.84. The van der Waals surface area contributed by atoms with E-state index in [4.69, 9.17) is 4.74 Å². The summed E-state index contributed by atoms with van der Waals surface area (Å²) in [7, 11) is 0. The first-order valence-corrected chi connectivity index (χ1v) is 5.36. The van der Waals surface area contributed by atoms with Crippen LogP contribution >= 0.6 is 0 Å². The standard InChI is InChI=1S/C11H14N4O/c1-2-3-8-16-11-6-4-10(5-7-11)15-9-12-13-14-15/h4-7,9H,2-3,8H2,1H3. The number of unbranched alkanes of at least 4 members (excludes halogenated alkanes) is 1. The molecule has 0 aliphatic heterocycles. The van der Waals surface area contributed by atoms with Gasteiger partial charge in [0.2, 0.25) is 0 Å². The minimum absolute atomic E-state index is 0.765. The summed E-state index contributed by atoms with van der Waals surface area (Å²) < 4.78 is 7.16. The molecule has 1 aromatic carbocycles. The van der Waals surface area contributed by atoms with Gasteiger partial charge < -0.3 is 4.74 Å². The van der Waals surface area contributed by atoms with E-state index in [9.17, 15) is 0 Å². The zero-order chi connectivity index (χ0) is 11.2. The van der Waals surface area contributed by atoms with Crippen LogP contribution in [0.15, 0.2) is 30.6 Å². The van der Waals surface area contributed by atoms with E-state index in [0.29, 0.717) is 0 Å². The highest BCUT2D eigenvalue weighted by Gasteiger charge is 1.98. The summed E-state index contributed by atoms with van der Waals surface area (Å²) in [6.45, 7) is 2.91. The molecule has 0 aliphatic rings. The molecule has 0 saturated carbocycles. The third kappa shape index (κ3) is 2.56. The lowest BCUT2D eigenvalue weighted by Gasteiger charge is -2.05. The number of rotatable bonds is 5. The van der Waals surface area contributed by atoms with Crippen molar-refractivity contribution in [2.45, 2.75) is 19.8 Å². The number of nitrogens with zero attached hydrogens (tertiary/aromatic N) is 4. The van der Waals surface area contributed by atoms with E-state index >= 15 is 0 Å². The molecule has 0 N–H and O–H groups in total. The van der Waals surface area contributed by atoms with Crippen molar-refractivity contribution >= 4 is 0 Å². The van der Waals surface area contributed by atoms with Crippen LogP contribution in [0.1, 0.15) is 19.8 Å². The molecule has 0 bridgehead atoms. The van der Waals surface area contributed by atoms with Gasteiger partial charge in [0.15, 0.2) is 0 Å². The van der Waals surface area contributed by atoms with Crippen LogP contribution in [0.2, 0.25) is 0 Å². The van der Waals surface area contributed by atoms with Crippen molar-refractivity contribution in [1.29, 1.82) is 0 Å². The fourth-order valence-electron chi connectivity index (χ4n) is 1.31. The topological polar surface area (TPSA) is 52.8 Å². The van der Waals surface area contributed by atoms with Gasteiger partial charge in [-0.1, -0.05) is 13.3 Å². The smallest absolute Gasteiger partial charge is 0.143 e. The van der Waals surface area contributed by atoms with Gasteiger partial charge in [-0.05, 0) is 41.1 Å². The third-order valence-corrected chi connectivity index (χ3v) is 2.22. The third-order valence-electron chi connectivity index (χ3n) is 2.22. The van der Waals surface area contributed by atoms with Crippen molar-refractivity contribution in [3.05, 3.63) is 30.6 Å². The van der Waals surface area contributed by atoms with Crippen molar-refractivity contribution in [1.82, 2.24) is 20.2 Å². The molecular formula is C11H14N4O. The molecule has 0 atom stereocenters. The van der Waals surface area contributed by atoms with Gasteiger partial charge in [0.05, 0.1) is 12.3 Å². The Balaban J connectivity index is 2.00. The van der Waals surface area contributed by atoms with Crippen molar-refractivity contribution < 1.29 is 4.74 Å². The van der Waals surface area contributed by atoms with Crippen LogP contribution in [0.4, 0.5) is 0 Å². The Morgan fingerprint density at radius 3 is 2.69 bits per heavy atom. The van der Waals surface area contributed by atoms with Gasteiger partial charge in [-0.25, -0.2) is 4.68 Å². The van der Waals surface area contributed by atoms with Crippen molar-refractivity contribution in [3.8, 4) is 11.4 Å². The van der Waals surface area contributed by atoms with E-state index in [-0.39, 0.29) is 0 Å². The van der Waals surface area contributed by atoms with Crippen molar-refractivity contribution in [3.63, 3.8) is 0 Å². The van der Waals surface area contributed by atoms with E-state index in [1.54, 1.807) is 11.0 Å². The van der Waals surface area contributed by atoms with E-state index in [1.165, 1.54) is 0 Å². The molecule has 5 nitrogen and oxygen atoms in total. The fourth-order valence-corrected chi connectivity index (χ4v) is 1.31. The number of benzene rings is 1. The van der Waals surface area contributed by atoms with Gasteiger partial charge in [-0.2, -0.15) is 0 Å². The molecular weight excluding hydrogens is 204 g/mol. The number of hydrogen-bond donors (Lipinski definition) is 0. The Morgan fingerprint density at radius 2 is 2.06 bits per heavy atom. The molecule has 2 aromatic rings. The lowest BCUT2D eigenvalue weighted by atomic mass is 10.3. The molecule has 2 rings (SSSR count). The normalized spacial score (nSPS) is 10.3. The minimum atomic E-state index is 0.765. The number of tetrazole rings is 1. The molecule has 0 amide bonds. The Morgan fingerprint density at radius 1 is 1.25 bits per heavy atom. The molecule has 1 heterocycles. The highest BCUT2D eigenvalue weighted by molar-refractivity contribution is 5.36. The summed E-state index contributed by atoms with van der Waals surface area (Å²) in [5.41, 5.74) is 0.924. The first-order valence-electron chi connectivity index (χ1n) is 5.36. The summed E-state index contributed by atoms with van der Waals surface area (Å²) >= 11 is 0. The van der Waals surface area contributed by atoms with Crippen LogP contribution in [0.5, 0.6) is 5.75 Å². The summed E-state index contributed by atoms with van der Waals surface area (Å²) in [6.07, 6.45) is 3.78. The zero-order valence-electron chi connectivity index (χ0n) is 9.21. The van der Waals surface area contributed by atoms with Crippen LogP contribution in [-0.2, 0) is 0 Å². The van der Waals surface area contributed by atoms with E-state index in [0.717, 1.165) is 30.9 Å². The van der Waals surface area contributed by atoms with Crippen LogP contribution in [0, 0.1) is 0 Å². The monoisotopic (exact) mass is 218 g/mol. The maximum Gasteiger partial charge on any atom is 0.143 e. The molecule has 0 aliphatic carbocycles. The second-order valence-electron chi connectivity index (χ2n) is 3.45. The Kier molecular flexibility index (Phi) is 3.48. The van der Waals surface area contributed by atoms with Crippen LogP contribution < -0.4 is 4.74 Å². The molecule has 5 heteroatoms. The van der Waals surface area contributed by atoms with Crippen LogP contribution in [-0.4, -0.2) is 26.8 Å². The second-order valence-corrected chi connectivity index (χ2v) is 3.45. The van der Waals surface area contributed by atoms with Crippen LogP contribution in [0.3, 0.4) is 0 Å². The molecule has 84 valence electrons. The maximum absolute atomic E-state index is 5.56. The number of hydrogen-bond acceptors (Lipinski definition) is 4. The highest BCUT2D eigenvalue weighted by Crippen LogP contribution is 2.14. The summed E-state index contributed by atoms with van der Waals surface area (Å²) in [6, 6.07) is 7.70. The first kappa shape index (κ1) is 10.6. The predicted octanol–water partition coefficient (Wildman–Crippen LogP) is 1.84. The lowest BCUT2D eigenvalue weighted by molar-refractivity contribution is 0.309. The van der Waals surface area contributed by atoms with Gasteiger partial charge in [0, 0.05) is 0 Å². The molecule has 1 aromatic heterocycles. The van der Waals surface area contributed by atoms with Crippen LogP contribution in [0.25, 0.3) is 5.69 Å². The Hall–Kier alpha value is -1.91. The Labute approximate surface area is 94.0 Å². The molecule has 0 saturated heterocycles.